The van der Waals surface area contributed by atoms with Crippen molar-refractivity contribution in [2.45, 2.75) is 52.1 Å². The van der Waals surface area contributed by atoms with Gasteiger partial charge < -0.3 is 10.1 Å². The number of carbonyl (C=O) groups excluding carboxylic acids is 4. The van der Waals surface area contributed by atoms with E-state index in [0.717, 1.165) is 10.5 Å². The van der Waals surface area contributed by atoms with E-state index < -0.39 is 18.0 Å². The van der Waals surface area contributed by atoms with Crippen LogP contribution in [0.3, 0.4) is 0 Å². The summed E-state index contributed by atoms with van der Waals surface area (Å²) in [4.78, 5) is 49.5. The van der Waals surface area contributed by atoms with Crippen molar-refractivity contribution in [3.8, 4) is 0 Å². The predicted octanol–water partition coefficient (Wildman–Crippen LogP) is 3.82. The van der Waals surface area contributed by atoms with Crippen LogP contribution in [0, 0.1) is 0 Å². The van der Waals surface area contributed by atoms with Gasteiger partial charge in [-0.2, -0.15) is 0 Å². The lowest BCUT2D eigenvalue weighted by Gasteiger charge is -2.19. The van der Waals surface area contributed by atoms with Gasteiger partial charge in [0.1, 0.15) is 0 Å². The zero-order chi connectivity index (χ0) is 22.8. The molecule has 7 nitrogen and oxygen atoms in total. The van der Waals surface area contributed by atoms with Gasteiger partial charge in [0, 0.05) is 18.5 Å². The Balaban J connectivity index is 1.59. The zero-order valence-corrected chi connectivity index (χ0v) is 18.1. The summed E-state index contributed by atoms with van der Waals surface area (Å²) in [6, 6.07) is 13.5. The van der Waals surface area contributed by atoms with Gasteiger partial charge >= 0.3 is 5.97 Å². The number of hydrogen-bond donors (Lipinski definition) is 1. The van der Waals surface area contributed by atoms with Gasteiger partial charge in [-0.3, -0.25) is 19.3 Å². The van der Waals surface area contributed by atoms with Crippen LogP contribution in [-0.2, 0) is 24.5 Å². The van der Waals surface area contributed by atoms with Crippen molar-refractivity contribution in [2.75, 3.05) is 10.2 Å². The second kappa shape index (κ2) is 8.71. The lowest BCUT2D eigenvalue weighted by Crippen LogP contribution is -2.30. The Morgan fingerprint density at radius 2 is 1.48 bits per heavy atom. The van der Waals surface area contributed by atoms with E-state index in [4.69, 9.17) is 4.74 Å². The van der Waals surface area contributed by atoms with Crippen molar-refractivity contribution in [1.82, 2.24) is 0 Å². The minimum Gasteiger partial charge on any atom is -0.449 e. The topological polar surface area (TPSA) is 92.8 Å². The van der Waals surface area contributed by atoms with Gasteiger partial charge in [-0.05, 0) is 54.3 Å². The number of nitrogens with one attached hydrogen (secondary N) is 1. The Kier molecular flexibility index (Phi) is 6.24. The molecule has 0 saturated carbocycles. The Hall–Kier alpha value is -3.48. The molecule has 0 spiro atoms. The SMILES string of the molecule is C[C@H](OC(=O)c1ccc(N2C(=O)CCC2=O)cc1)C(=O)Nc1ccc(C(C)(C)C)cc1. The average Bonchev–Trinajstić information content (AvgIpc) is 3.05. The molecule has 1 saturated heterocycles. The van der Waals surface area contributed by atoms with Crippen LogP contribution in [0.2, 0.25) is 0 Å². The van der Waals surface area contributed by atoms with Crippen molar-refractivity contribution in [1.29, 1.82) is 0 Å². The second-order valence-corrected chi connectivity index (χ2v) is 8.53. The Labute approximate surface area is 181 Å². The van der Waals surface area contributed by atoms with Gasteiger partial charge in [0.05, 0.1) is 11.3 Å². The van der Waals surface area contributed by atoms with Gasteiger partial charge in [-0.25, -0.2) is 4.79 Å². The van der Waals surface area contributed by atoms with E-state index in [-0.39, 0.29) is 35.6 Å². The van der Waals surface area contributed by atoms with Crippen LogP contribution in [0.15, 0.2) is 48.5 Å². The molecule has 1 aliphatic rings. The van der Waals surface area contributed by atoms with Gasteiger partial charge in [-0.15, -0.1) is 0 Å². The van der Waals surface area contributed by atoms with Crippen LogP contribution in [0.25, 0.3) is 0 Å². The highest BCUT2D eigenvalue weighted by Gasteiger charge is 2.30. The first-order chi connectivity index (χ1) is 14.6. The van der Waals surface area contributed by atoms with Crippen LogP contribution in [0.5, 0.6) is 0 Å². The van der Waals surface area contributed by atoms with Crippen LogP contribution in [-0.4, -0.2) is 29.8 Å². The number of rotatable bonds is 5. The molecular formula is C24H26N2O5. The summed E-state index contributed by atoms with van der Waals surface area (Å²) in [6.07, 6.45) is -0.626. The molecule has 31 heavy (non-hydrogen) atoms. The zero-order valence-electron chi connectivity index (χ0n) is 18.1. The van der Waals surface area contributed by atoms with Crippen molar-refractivity contribution in [3.05, 3.63) is 59.7 Å². The van der Waals surface area contributed by atoms with E-state index in [1.807, 2.05) is 24.3 Å². The van der Waals surface area contributed by atoms with Gasteiger partial charge in [0.15, 0.2) is 6.10 Å². The minimum absolute atomic E-state index is 0.0102. The third-order valence-electron chi connectivity index (χ3n) is 5.08. The molecule has 0 radical (unpaired) electrons. The van der Waals surface area contributed by atoms with E-state index in [1.54, 1.807) is 0 Å². The molecule has 1 atom stereocenters. The number of ether oxygens (including phenoxy) is 1. The summed E-state index contributed by atoms with van der Waals surface area (Å²) in [5.74, 6) is -1.64. The van der Waals surface area contributed by atoms with E-state index in [9.17, 15) is 19.2 Å². The normalized spacial score (nSPS) is 15.0. The Bertz CT molecular complexity index is 988. The molecule has 0 unspecified atom stereocenters. The lowest BCUT2D eigenvalue weighted by molar-refractivity contribution is -0.124. The van der Waals surface area contributed by atoms with E-state index in [1.165, 1.54) is 31.2 Å². The number of benzene rings is 2. The summed E-state index contributed by atoms with van der Waals surface area (Å²) < 4.78 is 5.26. The van der Waals surface area contributed by atoms with Gasteiger partial charge in [-0.1, -0.05) is 32.9 Å². The molecular weight excluding hydrogens is 396 g/mol. The highest BCUT2D eigenvalue weighted by molar-refractivity contribution is 6.19. The summed E-state index contributed by atoms with van der Waals surface area (Å²) in [6.45, 7) is 7.81. The van der Waals surface area contributed by atoms with Gasteiger partial charge in [0.25, 0.3) is 5.91 Å². The first-order valence-electron chi connectivity index (χ1n) is 10.1. The Morgan fingerprint density at radius 3 is 2.00 bits per heavy atom. The number of anilines is 2. The van der Waals surface area contributed by atoms with Gasteiger partial charge in [0.2, 0.25) is 11.8 Å². The predicted molar refractivity (Wildman–Crippen MR) is 117 cm³/mol. The summed E-state index contributed by atoms with van der Waals surface area (Å²) in [5.41, 5.74) is 2.40. The number of nitrogens with zero attached hydrogens (tertiary/aromatic N) is 1. The Morgan fingerprint density at radius 1 is 0.935 bits per heavy atom. The fourth-order valence-corrected chi connectivity index (χ4v) is 3.19. The average molecular weight is 422 g/mol. The highest BCUT2D eigenvalue weighted by Crippen LogP contribution is 2.24. The smallest absolute Gasteiger partial charge is 0.338 e. The fraction of sp³-hybridized carbons (Fsp3) is 0.333. The van der Waals surface area contributed by atoms with Crippen LogP contribution in [0.1, 0.15) is 56.5 Å². The molecule has 2 aromatic rings. The van der Waals surface area contributed by atoms with E-state index in [2.05, 4.69) is 26.1 Å². The number of imide groups is 1. The molecule has 2 aromatic carbocycles. The molecule has 0 aliphatic carbocycles. The minimum atomic E-state index is -1.00. The number of carbonyl (C=O) groups is 4. The number of hydrogen-bond acceptors (Lipinski definition) is 5. The standard InChI is InChI=1S/C24H26N2O5/c1-15(22(29)25-18-9-7-17(8-10-18)24(2,3)4)31-23(30)16-5-11-19(12-6-16)26-20(27)13-14-21(26)28/h5-12,15H,13-14H2,1-4H3,(H,25,29)/t15-/m0/s1. The molecule has 162 valence electrons. The summed E-state index contributed by atoms with van der Waals surface area (Å²) >= 11 is 0. The van der Waals surface area contributed by atoms with Crippen LogP contribution < -0.4 is 10.2 Å². The highest BCUT2D eigenvalue weighted by atomic mass is 16.5. The molecule has 1 aliphatic heterocycles. The number of esters is 1. The lowest BCUT2D eigenvalue weighted by atomic mass is 9.87. The first kappa shape index (κ1) is 22.2. The molecule has 3 amide bonds. The molecule has 0 bridgehead atoms. The van der Waals surface area contributed by atoms with E-state index in [0.29, 0.717) is 11.4 Å². The largest absolute Gasteiger partial charge is 0.449 e. The van der Waals surface area contributed by atoms with Crippen LogP contribution in [0.4, 0.5) is 11.4 Å². The molecule has 7 heteroatoms. The third-order valence-corrected chi connectivity index (χ3v) is 5.08. The van der Waals surface area contributed by atoms with Crippen molar-refractivity contribution in [3.63, 3.8) is 0 Å². The first-order valence-corrected chi connectivity index (χ1v) is 10.1. The molecule has 1 heterocycles. The quantitative estimate of drug-likeness (QED) is 0.584. The molecule has 1 N–H and O–H groups in total. The van der Waals surface area contributed by atoms with Crippen molar-refractivity contribution >= 4 is 35.1 Å². The molecule has 3 rings (SSSR count). The maximum absolute atomic E-state index is 12.4. The maximum atomic E-state index is 12.4. The van der Waals surface area contributed by atoms with Crippen molar-refractivity contribution < 1.29 is 23.9 Å². The fourth-order valence-electron chi connectivity index (χ4n) is 3.19. The maximum Gasteiger partial charge on any atom is 0.338 e. The van der Waals surface area contributed by atoms with Crippen LogP contribution >= 0.6 is 0 Å². The molecule has 1 fully saturated rings. The number of amides is 3. The third kappa shape index (κ3) is 5.17. The summed E-state index contributed by atoms with van der Waals surface area (Å²) in [7, 11) is 0. The second-order valence-electron chi connectivity index (χ2n) is 8.53. The van der Waals surface area contributed by atoms with E-state index >= 15 is 0 Å². The monoisotopic (exact) mass is 422 g/mol. The van der Waals surface area contributed by atoms with Crippen molar-refractivity contribution in [2.24, 2.45) is 0 Å². The molecule has 0 aromatic heterocycles. The summed E-state index contributed by atoms with van der Waals surface area (Å²) in [5, 5.41) is 2.74.